The van der Waals surface area contributed by atoms with E-state index in [1.54, 1.807) is 21.0 Å². The first-order valence-corrected chi connectivity index (χ1v) is 3.42. The van der Waals surface area contributed by atoms with Gasteiger partial charge in [-0.1, -0.05) is 6.58 Å². The summed E-state index contributed by atoms with van der Waals surface area (Å²) in [7, 11) is 3.45. The minimum atomic E-state index is -0.435. The van der Waals surface area contributed by atoms with Crippen LogP contribution in [0.2, 0.25) is 0 Å². The van der Waals surface area contributed by atoms with Gasteiger partial charge in [-0.05, 0) is 6.92 Å². The van der Waals surface area contributed by atoms with Crippen LogP contribution in [0.1, 0.15) is 13.8 Å². The lowest BCUT2D eigenvalue weighted by Gasteiger charge is -2.02. The topological polar surface area (TPSA) is 63.4 Å². The fourth-order valence-electron chi connectivity index (χ4n) is 0. The monoisotopic (exact) mass is 172 g/mol. The van der Waals surface area contributed by atoms with Crippen molar-refractivity contribution < 1.29 is 9.59 Å². The minimum Gasteiger partial charge on any atom is -0.366 e. The molecule has 0 saturated carbocycles. The SMILES string of the molecule is C=C(C)C(N)=O.CC(=O)N(C)C. The van der Waals surface area contributed by atoms with Crippen LogP contribution in [-0.4, -0.2) is 30.8 Å². The van der Waals surface area contributed by atoms with Crippen LogP contribution >= 0.6 is 0 Å². The first-order chi connectivity index (χ1) is 5.29. The molecule has 0 aliphatic rings. The summed E-state index contributed by atoms with van der Waals surface area (Å²) in [6.45, 7) is 6.38. The second-order valence-electron chi connectivity index (χ2n) is 2.56. The Morgan fingerprint density at radius 2 is 1.42 bits per heavy atom. The van der Waals surface area contributed by atoms with Crippen LogP contribution < -0.4 is 5.73 Å². The first-order valence-electron chi connectivity index (χ1n) is 3.42. The molecular formula is C8H16N2O2. The van der Waals surface area contributed by atoms with Crippen LogP contribution in [-0.2, 0) is 9.59 Å². The molecule has 70 valence electrons. The van der Waals surface area contributed by atoms with E-state index in [0.29, 0.717) is 5.57 Å². The highest BCUT2D eigenvalue weighted by Gasteiger charge is 1.87. The molecule has 0 aromatic carbocycles. The summed E-state index contributed by atoms with van der Waals surface area (Å²) in [5.74, 6) is -0.343. The van der Waals surface area contributed by atoms with E-state index in [9.17, 15) is 9.59 Å². The second-order valence-corrected chi connectivity index (χ2v) is 2.56. The largest absolute Gasteiger partial charge is 0.366 e. The average Bonchev–Trinajstić information content (AvgIpc) is 1.88. The van der Waals surface area contributed by atoms with Gasteiger partial charge in [-0.2, -0.15) is 0 Å². The molecule has 0 bridgehead atoms. The average molecular weight is 172 g/mol. The zero-order valence-corrected chi connectivity index (χ0v) is 8.05. The minimum absolute atomic E-state index is 0.0926. The number of carbonyl (C=O) groups excluding carboxylic acids is 2. The molecule has 0 spiro atoms. The van der Waals surface area contributed by atoms with E-state index in [2.05, 4.69) is 6.58 Å². The summed E-state index contributed by atoms with van der Waals surface area (Å²) in [5.41, 5.74) is 5.09. The second kappa shape index (κ2) is 6.39. The number of nitrogens with two attached hydrogens (primary N) is 1. The van der Waals surface area contributed by atoms with Crippen LogP contribution in [0.4, 0.5) is 0 Å². The summed E-state index contributed by atoms with van der Waals surface area (Å²) >= 11 is 0. The van der Waals surface area contributed by atoms with Crippen molar-refractivity contribution in [2.75, 3.05) is 14.1 Å². The van der Waals surface area contributed by atoms with Crippen LogP contribution in [0.5, 0.6) is 0 Å². The van der Waals surface area contributed by atoms with Crippen LogP contribution in [0, 0.1) is 0 Å². The quantitative estimate of drug-likeness (QED) is 0.572. The van der Waals surface area contributed by atoms with Gasteiger partial charge in [-0.15, -0.1) is 0 Å². The summed E-state index contributed by atoms with van der Waals surface area (Å²) in [4.78, 5) is 21.4. The maximum Gasteiger partial charge on any atom is 0.243 e. The van der Waals surface area contributed by atoms with Gasteiger partial charge in [-0.3, -0.25) is 9.59 Å². The Kier molecular flexibility index (Phi) is 7.08. The molecule has 2 N–H and O–H groups in total. The van der Waals surface area contributed by atoms with E-state index in [1.165, 1.54) is 11.8 Å². The van der Waals surface area contributed by atoms with Crippen molar-refractivity contribution in [2.24, 2.45) is 5.73 Å². The van der Waals surface area contributed by atoms with E-state index in [-0.39, 0.29) is 5.91 Å². The first kappa shape index (κ1) is 13.3. The van der Waals surface area contributed by atoms with Crippen molar-refractivity contribution in [3.63, 3.8) is 0 Å². The van der Waals surface area contributed by atoms with Crippen LogP contribution in [0.15, 0.2) is 12.2 Å². The predicted molar refractivity (Wildman–Crippen MR) is 48.4 cm³/mol. The van der Waals surface area contributed by atoms with Crippen molar-refractivity contribution in [3.8, 4) is 0 Å². The highest BCUT2D eigenvalue weighted by atomic mass is 16.2. The molecule has 0 atom stereocenters. The Bertz CT molecular complexity index is 173. The lowest BCUT2D eigenvalue weighted by Crippen LogP contribution is -2.17. The fraction of sp³-hybridized carbons (Fsp3) is 0.500. The molecule has 0 rings (SSSR count). The van der Waals surface area contributed by atoms with Crippen molar-refractivity contribution in [3.05, 3.63) is 12.2 Å². The smallest absolute Gasteiger partial charge is 0.243 e. The molecule has 0 aromatic rings. The number of nitrogens with zero attached hydrogens (tertiary/aromatic N) is 1. The van der Waals surface area contributed by atoms with Crippen LogP contribution in [0.25, 0.3) is 0 Å². The van der Waals surface area contributed by atoms with Crippen molar-refractivity contribution >= 4 is 11.8 Å². The van der Waals surface area contributed by atoms with Gasteiger partial charge in [0.05, 0.1) is 0 Å². The van der Waals surface area contributed by atoms with Gasteiger partial charge >= 0.3 is 0 Å². The number of hydrogen-bond acceptors (Lipinski definition) is 2. The van der Waals surface area contributed by atoms with E-state index >= 15 is 0 Å². The van der Waals surface area contributed by atoms with E-state index in [0.717, 1.165) is 0 Å². The van der Waals surface area contributed by atoms with Gasteiger partial charge in [0.1, 0.15) is 0 Å². The molecule has 4 heteroatoms. The van der Waals surface area contributed by atoms with E-state index < -0.39 is 5.91 Å². The molecule has 12 heavy (non-hydrogen) atoms. The summed E-state index contributed by atoms with van der Waals surface area (Å²) in [6.07, 6.45) is 0. The van der Waals surface area contributed by atoms with Crippen molar-refractivity contribution in [1.82, 2.24) is 4.90 Å². The third-order valence-corrected chi connectivity index (χ3v) is 1.05. The standard InChI is InChI=1S/C4H9NO.C4H7NO/c1-4(6)5(2)3;1-3(2)4(5)6/h1-3H3;1H2,2H3,(H2,5,6). The van der Waals surface area contributed by atoms with Gasteiger partial charge in [-0.25, -0.2) is 0 Å². The number of amides is 2. The summed E-state index contributed by atoms with van der Waals surface area (Å²) in [5, 5.41) is 0. The normalized spacial score (nSPS) is 7.67. The lowest BCUT2D eigenvalue weighted by molar-refractivity contribution is -0.126. The fourth-order valence-corrected chi connectivity index (χ4v) is 0. The molecular weight excluding hydrogens is 156 g/mol. The van der Waals surface area contributed by atoms with E-state index in [1.807, 2.05) is 0 Å². The molecule has 0 aromatic heterocycles. The molecule has 0 heterocycles. The number of rotatable bonds is 1. The van der Waals surface area contributed by atoms with Crippen molar-refractivity contribution in [1.29, 1.82) is 0 Å². The molecule has 0 aliphatic heterocycles. The predicted octanol–water partition coefficient (Wildman–Crippen LogP) is 0.142. The van der Waals surface area contributed by atoms with Crippen LogP contribution in [0.3, 0.4) is 0 Å². The lowest BCUT2D eigenvalue weighted by atomic mass is 10.3. The Labute approximate surface area is 73.0 Å². The molecule has 0 aliphatic carbocycles. The van der Waals surface area contributed by atoms with Crippen molar-refractivity contribution in [2.45, 2.75) is 13.8 Å². The third kappa shape index (κ3) is 11.5. The van der Waals surface area contributed by atoms with Gasteiger partial charge in [0, 0.05) is 26.6 Å². The number of carbonyl (C=O) groups is 2. The van der Waals surface area contributed by atoms with Gasteiger partial charge < -0.3 is 10.6 Å². The Morgan fingerprint density at radius 3 is 1.42 bits per heavy atom. The third-order valence-electron chi connectivity index (χ3n) is 1.05. The summed E-state index contributed by atoms with van der Waals surface area (Å²) in [6, 6.07) is 0. The van der Waals surface area contributed by atoms with Gasteiger partial charge in [0.25, 0.3) is 0 Å². The Balaban J connectivity index is 0. The molecule has 2 amide bonds. The molecule has 0 radical (unpaired) electrons. The molecule has 0 unspecified atom stereocenters. The molecule has 4 nitrogen and oxygen atoms in total. The highest BCUT2D eigenvalue weighted by Crippen LogP contribution is 1.78. The van der Waals surface area contributed by atoms with Gasteiger partial charge in [0.15, 0.2) is 0 Å². The molecule has 0 saturated heterocycles. The number of primary amides is 1. The Hall–Kier alpha value is -1.32. The Morgan fingerprint density at radius 1 is 1.25 bits per heavy atom. The maximum absolute atomic E-state index is 10.1. The maximum atomic E-state index is 10.1. The van der Waals surface area contributed by atoms with Gasteiger partial charge in [0.2, 0.25) is 11.8 Å². The summed E-state index contributed by atoms with van der Waals surface area (Å²) < 4.78 is 0. The number of hydrogen-bond donors (Lipinski definition) is 1. The van der Waals surface area contributed by atoms with E-state index in [4.69, 9.17) is 5.73 Å². The zero-order chi connectivity index (χ0) is 10.3. The highest BCUT2D eigenvalue weighted by molar-refractivity contribution is 5.90. The molecule has 0 fully saturated rings. The zero-order valence-electron chi connectivity index (χ0n) is 8.05.